The normalized spacial score (nSPS) is 12.0. The number of hydrogen-bond acceptors (Lipinski definition) is 6. The third-order valence-electron chi connectivity index (χ3n) is 2.87. The lowest BCUT2D eigenvalue weighted by atomic mass is 10.3. The maximum Gasteiger partial charge on any atom is 0.230 e. The molecule has 1 atom stereocenters. The summed E-state index contributed by atoms with van der Waals surface area (Å²) < 4.78 is 14.2. The van der Waals surface area contributed by atoms with Crippen molar-refractivity contribution in [3.05, 3.63) is 30.1 Å². The summed E-state index contributed by atoms with van der Waals surface area (Å²) in [6.45, 7) is 3.98. The highest BCUT2D eigenvalue weighted by molar-refractivity contribution is 8.01. The topological polar surface area (TPSA) is 66.9 Å². The van der Waals surface area contributed by atoms with Gasteiger partial charge in [0.15, 0.2) is 4.34 Å². The quantitative estimate of drug-likeness (QED) is 0.756. The molecule has 22 heavy (non-hydrogen) atoms. The molecule has 118 valence electrons. The molecule has 2 N–H and O–H groups in total. The number of carbonyl (C=O) groups excluding carboxylic acids is 1. The first-order valence-electron chi connectivity index (χ1n) is 6.85. The number of halogens is 1. The average molecular weight is 340 g/mol. The van der Waals surface area contributed by atoms with Crippen molar-refractivity contribution in [2.45, 2.75) is 30.6 Å². The first-order valence-corrected chi connectivity index (χ1v) is 8.66. The highest BCUT2D eigenvalue weighted by atomic mass is 32.2. The minimum absolute atomic E-state index is 0.0295. The second kappa shape index (κ2) is 8.09. The lowest BCUT2D eigenvalue weighted by molar-refractivity contribution is -0.119. The van der Waals surface area contributed by atoms with E-state index in [0.29, 0.717) is 20.9 Å². The maximum absolute atomic E-state index is 13.5. The molecule has 0 aliphatic rings. The second-order valence-electron chi connectivity index (χ2n) is 4.64. The number of nitrogens with zero attached hydrogens (tertiary/aromatic N) is 2. The molecule has 0 bridgehead atoms. The molecule has 0 radical (unpaired) electrons. The average Bonchev–Trinajstić information content (AvgIpc) is 2.95. The summed E-state index contributed by atoms with van der Waals surface area (Å²) in [5.74, 6) is -0.0865. The lowest BCUT2D eigenvalue weighted by Gasteiger charge is -2.09. The summed E-state index contributed by atoms with van der Waals surface area (Å²) in [7, 11) is 0. The monoisotopic (exact) mass is 340 g/mol. The van der Waals surface area contributed by atoms with Crippen molar-refractivity contribution < 1.29 is 9.18 Å². The Balaban J connectivity index is 1.87. The van der Waals surface area contributed by atoms with Crippen LogP contribution in [0, 0.1) is 5.82 Å². The third kappa shape index (κ3) is 4.96. The molecule has 2 rings (SSSR count). The van der Waals surface area contributed by atoms with Gasteiger partial charge in [-0.15, -0.1) is 10.2 Å². The van der Waals surface area contributed by atoms with Gasteiger partial charge in [-0.2, -0.15) is 0 Å². The predicted octanol–water partition coefficient (Wildman–Crippen LogP) is 3.43. The van der Waals surface area contributed by atoms with Gasteiger partial charge < -0.3 is 10.6 Å². The van der Waals surface area contributed by atoms with E-state index >= 15 is 0 Å². The Morgan fingerprint density at radius 3 is 2.91 bits per heavy atom. The minimum Gasteiger partial charge on any atom is -0.353 e. The molecule has 8 heteroatoms. The number of anilines is 2. The van der Waals surface area contributed by atoms with Crippen LogP contribution in [0.2, 0.25) is 0 Å². The Kier molecular flexibility index (Phi) is 6.14. The zero-order valence-corrected chi connectivity index (χ0v) is 13.9. The first-order chi connectivity index (χ1) is 10.6. The van der Waals surface area contributed by atoms with E-state index in [1.54, 1.807) is 18.2 Å². The summed E-state index contributed by atoms with van der Waals surface area (Å²) in [6.07, 6.45) is 0.895. The van der Waals surface area contributed by atoms with Crippen LogP contribution in [0.3, 0.4) is 0 Å². The van der Waals surface area contributed by atoms with Crippen LogP contribution in [0.1, 0.15) is 20.3 Å². The van der Waals surface area contributed by atoms with Gasteiger partial charge >= 0.3 is 0 Å². The van der Waals surface area contributed by atoms with Gasteiger partial charge in [-0.05, 0) is 25.5 Å². The zero-order valence-electron chi connectivity index (χ0n) is 12.3. The van der Waals surface area contributed by atoms with Gasteiger partial charge in [0.2, 0.25) is 11.0 Å². The Morgan fingerprint density at radius 2 is 2.18 bits per heavy atom. The predicted molar refractivity (Wildman–Crippen MR) is 88.2 cm³/mol. The van der Waals surface area contributed by atoms with Crippen LogP contribution in [0.5, 0.6) is 0 Å². The standard InChI is InChI=1S/C14H17FN4OS2/c1-3-9(2)16-12(20)8-21-14-19-18-13(22-14)17-11-7-5-4-6-10(11)15/h4-7,9H,3,8H2,1-2H3,(H,16,20)(H,17,18)/t9-/m1/s1. The van der Waals surface area contributed by atoms with E-state index in [2.05, 4.69) is 20.8 Å². The summed E-state index contributed by atoms with van der Waals surface area (Å²) in [6, 6.07) is 6.53. The molecule has 0 spiro atoms. The number of rotatable bonds is 7. The summed E-state index contributed by atoms with van der Waals surface area (Å²) in [5, 5.41) is 14.2. The van der Waals surface area contributed by atoms with Gasteiger partial charge in [0, 0.05) is 6.04 Å². The summed E-state index contributed by atoms with van der Waals surface area (Å²) in [4.78, 5) is 11.7. The molecule has 5 nitrogen and oxygen atoms in total. The van der Waals surface area contributed by atoms with Crippen LogP contribution in [0.15, 0.2) is 28.6 Å². The minimum atomic E-state index is -0.347. The highest BCUT2D eigenvalue weighted by Gasteiger charge is 2.10. The lowest BCUT2D eigenvalue weighted by Crippen LogP contribution is -2.33. The molecule has 1 aromatic heterocycles. The van der Waals surface area contributed by atoms with Crippen molar-refractivity contribution >= 4 is 39.8 Å². The van der Waals surface area contributed by atoms with E-state index in [4.69, 9.17) is 0 Å². The highest BCUT2D eigenvalue weighted by Crippen LogP contribution is 2.28. The van der Waals surface area contributed by atoms with E-state index < -0.39 is 0 Å². The van der Waals surface area contributed by atoms with Crippen LogP contribution in [0.4, 0.5) is 15.2 Å². The van der Waals surface area contributed by atoms with Crippen molar-refractivity contribution in [1.29, 1.82) is 0 Å². The number of nitrogens with one attached hydrogen (secondary N) is 2. The van der Waals surface area contributed by atoms with Crippen LogP contribution in [-0.4, -0.2) is 27.9 Å². The number of thioether (sulfide) groups is 1. The van der Waals surface area contributed by atoms with Crippen LogP contribution in [-0.2, 0) is 4.79 Å². The largest absolute Gasteiger partial charge is 0.353 e. The Morgan fingerprint density at radius 1 is 1.41 bits per heavy atom. The van der Waals surface area contributed by atoms with E-state index in [9.17, 15) is 9.18 Å². The molecule has 0 saturated heterocycles. The number of amides is 1. The van der Waals surface area contributed by atoms with Crippen molar-refractivity contribution in [2.24, 2.45) is 0 Å². The van der Waals surface area contributed by atoms with Gasteiger partial charge in [0.1, 0.15) is 5.82 Å². The molecular weight excluding hydrogens is 323 g/mol. The van der Waals surface area contributed by atoms with E-state index in [1.165, 1.54) is 29.2 Å². The molecule has 2 aromatic rings. The Labute approximate surface area is 136 Å². The van der Waals surface area contributed by atoms with Crippen molar-refractivity contribution in [1.82, 2.24) is 15.5 Å². The Bertz CT molecular complexity index is 635. The molecule has 0 aliphatic heterocycles. The van der Waals surface area contributed by atoms with Gasteiger partial charge in [-0.3, -0.25) is 4.79 Å². The van der Waals surface area contributed by atoms with E-state index in [-0.39, 0.29) is 17.8 Å². The van der Waals surface area contributed by atoms with Crippen LogP contribution < -0.4 is 10.6 Å². The Hall–Kier alpha value is -1.67. The molecular formula is C14H17FN4OS2. The smallest absolute Gasteiger partial charge is 0.230 e. The van der Waals surface area contributed by atoms with E-state index in [1.807, 2.05) is 13.8 Å². The van der Waals surface area contributed by atoms with Gasteiger partial charge in [-0.1, -0.05) is 42.2 Å². The molecule has 0 unspecified atom stereocenters. The number of hydrogen-bond donors (Lipinski definition) is 2. The summed E-state index contributed by atoms with van der Waals surface area (Å²) in [5.41, 5.74) is 0.352. The molecule has 1 heterocycles. The zero-order chi connectivity index (χ0) is 15.9. The van der Waals surface area contributed by atoms with Crippen molar-refractivity contribution in [2.75, 3.05) is 11.1 Å². The third-order valence-corrected chi connectivity index (χ3v) is 4.84. The molecule has 0 fully saturated rings. The van der Waals surface area contributed by atoms with Gasteiger partial charge in [0.05, 0.1) is 11.4 Å². The molecule has 0 saturated carbocycles. The van der Waals surface area contributed by atoms with Crippen molar-refractivity contribution in [3.8, 4) is 0 Å². The fourth-order valence-corrected chi connectivity index (χ4v) is 3.12. The van der Waals surface area contributed by atoms with Gasteiger partial charge in [-0.25, -0.2) is 4.39 Å². The number of para-hydroxylation sites is 1. The van der Waals surface area contributed by atoms with Crippen LogP contribution in [0.25, 0.3) is 0 Å². The van der Waals surface area contributed by atoms with E-state index in [0.717, 1.165) is 6.42 Å². The second-order valence-corrected chi connectivity index (χ2v) is 6.84. The number of carbonyl (C=O) groups is 1. The first kappa shape index (κ1) is 16.7. The van der Waals surface area contributed by atoms with Crippen molar-refractivity contribution in [3.63, 3.8) is 0 Å². The number of benzene rings is 1. The maximum atomic E-state index is 13.5. The molecule has 1 amide bonds. The fraction of sp³-hybridized carbons (Fsp3) is 0.357. The molecule has 0 aliphatic carbocycles. The van der Waals surface area contributed by atoms with Crippen LogP contribution >= 0.6 is 23.1 Å². The fourth-order valence-electron chi connectivity index (χ4n) is 1.54. The summed E-state index contributed by atoms with van der Waals surface area (Å²) >= 11 is 2.60. The van der Waals surface area contributed by atoms with Gasteiger partial charge in [0.25, 0.3) is 0 Å². The number of aromatic nitrogens is 2. The SMILES string of the molecule is CC[C@@H](C)NC(=O)CSc1nnc(Nc2ccccc2F)s1. The molecule has 1 aromatic carbocycles.